The van der Waals surface area contributed by atoms with Crippen LogP contribution in [0.5, 0.6) is 0 Å². The third-order valence-electron chi connectivity index (χ3n) is 3.53. The molecule has 0 saturated carbocycles. The maximum Gasteiger partial charge on any atom is 0.130 e. The normalized spacial score (nSPS) is 12.5. The molecule has 0 bridgehead atoms. The zero-order valence-corrected chi connectivity index (χ0v) is 13.9. The molecule has 5 heteroatoms. The molecule has 2 aromatic rings. The van der Waals surface area contributed by atoms with Crippen molar-refractivity contribution in [3.05, 3.63) is 46.1 Å². The number of anilines is 1. The highest BCUT2D eigenvalue weighted by atomic mass is 35.5. The molecule has 1 aromatic heterocycles. The molecular weight excluding hydrogens is 284 g/mol. The fourth-order valence-electron chi connectivity index (χ4n) is 2.67. The van der Waals surface area contributed by atoms with Gasteiger partial charge in [0, 0.05) is 37.3 Å². The molecule has 0 aliphatic rings. The lowest BCUT2D eigenvalue weighted by atomic mass is 10.1. The first-order valence-corrected chi connectivity index (χ1v) is 7.50. The standard InChI is InChI=1S/C16H23ClN4/c1-11(18)9-15-12(2)19-21(4)16(15)20(3)10-13-5-7-14(17)8-6-13/h5-8,11H,9-10,18H2,1-4H3. The second-order valence-electron chi connectivity index (χ2n) is 5.68. The van der Waals surface area contributed by atoms with Crippen LogP contribution in [-0.2, 0) is 20.0 Å². The van der Waals surface area contributed by atoms with Crippen LogP contribution in [0.1, 0.15) is 23.7 Å². The lowest BCUT2D eigenvalue weighted by Crippen LogP contribution is -2.23. The first-order chi connectivity index (χ1) is 9.88. The fourth-order valence-corrected chi connectivity index (χ4v) is 2.79. The molecule has 21 heavy (non-hydrogen) atoms. The zero-order valence-electron chi connectivity index (χ0n) is 13.1. The van der Waals surface area contributed by atoms with Gasteiger partial charge in [-0.15, -0.1) is 0 Å². The Morgan fingerprint density at radius 2 is 1.95 bits per heavy atom. The maximum atomic E-state index is 5.97. The quantitative estimate of drug-likeness (QED) is 0.924. The number of aromatic nitrogens is 2. The van der Waals surface area contributed by atoms with Crippen molar-refractivity contribution in [3.63, 3.8) is 0 Å². The molecule has 0 amide bonds. The van der Waals surface area contributed by atoms with Crippen LogP contribution in [0.4, 0.5) is 5.82 Å². The van der Waals surface area contributed by atoms with E-state index >= 15 is 0 Å². The van der Waals surface area contributed by atoms with Crippen molar-refractivity contribution >= 4 is 17.4 Å². The van der Waals surface area contributed by atoms with Crippen LogP contribution >= 0.6 is 11.6 Å². The molecule has 2 N–H and O–H groups in total. The SMILES string of the molecule is Cc1nn(C)c(N(C)Cc2ccc(Cl)cc2)c1CC(C)N. The molecule has 0 radical (unpaired) electrons. The van der Waals surface area contributed by atoms with E-state index in [4.69, 9.17) is 17.3 Å². The Hall–Kier alpha value is -1.52. The van der Waals surface area contributed by atoms with Crippen molar-refractivity contribution in [2.24, 2.45) is 12.8 Å². The smallest absolute Gasteiger partial charge is 0.130 e. The number of nitrogens with zero attached hydrogens (tertiary/aromatic N) is 3. The minimum absolute atomic E-state index is 0.121. The van der Waals surface area contributed by atoms with Crippen LogP contribution in [0.2, 0.25) is 5.02 Å². The van der Waals surface area contributed by atoms with E-state index in [2.05, 4.69) is 17.0 Å². The average Bonchev–Trinajstić information content (AvgIpc) is 2.66. The van der Waals surface area contributed by atoms with E-state index in [9.17, 15) is 0 Å². The molecule has 0 aliphatic carbocycles. The van der Waals surface area contributed by atoms with Gasteiger partial charge in [-0.3, -0.25) is 4.68 Å². The molecule has 1 atom stereocenters. The molecule has 0 saturated heterocycles. The Morgan fingerprint density at radius 1 is 1.33 bits per heavy atom. The molecule has 4 nitrogen and oxygen atoms in total. The van der Waals surface area contributed by atoms with Crippen molar-refractivity contribution in [2.45, 2.75) is 32.9 Å². The van der Waals surface area contributed by atoms with Crippen LogP contribution in [0.3, 0.4) is 0 Å². The number of benzene rings is 1. The summed E-state index contributed by atoms with van der Waals surface area (Å²) in [5.74, 6) is 1.12. The van der Waals surface area contributed by atoms with Crippen LogP contribution in [-0.4, -0.2) is 22.9 Å². The van der Waals surface area contributed by atoms with E-state index in [1.165, 1.54) is 11.1 Å². The second kappa shape index (κ2) is 6.50. The third kappa shape index (κ3) is 3.77. The summed E-state index contributed by atoms with van der Waals surface area (Å²) in [6.07, 6.45) is 0.833. The highest BCUT2D eigenvalue weighted by molar-refractivity contribution is 6.30. The van der Waals surface area contributed by atoms with Gasteiger partial charge in [-0.05, 0) is 38.0 Å². The van der Waals surface area contributed by atoms with Crippen molar-refractivity contribution in [1.29, 1.82) is 0 Å². The number of nitrogens with two attached hydrogens (primary N) is 1. The summed E-state index contributed by atoms with van der Waals surface area (Å²) in [5, 5.41) is 5.30. The summed E-state index contributed by atoms with van der Waals surface area (Å²) in [4.78, 5) is 2.21. The van der Waals surface area contributed by atoms with Gasteiger partial charge in [-0.2, -0.15) is 5.10 Å². The van der Waals surface area contributed by atoms with Gasteiger partial charge >= 0.3 is 0 Å². The van der Waals surface area contributed by atoms with E-state index in [1.807, 2.05) is 49.8 Å². The number of hydrogen-bond acceptors (Lipinski definition) is 3. The first-order valence-electron chi connectivity index (χ1n) is 7.12. The second-order valence-corrected chi connectivity index (χ2v) is 6.11. The highest BCUT2D eigenvalue weighted by Gasteiger charge is 2.18. The molecule has 1 unspecified atom stereocenters. The van der Waals surface area contributed by atoms with Gasteiger partial charge in [0.05, 0.1) is 5.69 Å². The van der Waals surface area contributed by atoms with Gasteiger partial charge in [0.25, 0.3) is 0 Å². The van der Waals surface area contributed by atoms with Crippen LogP contribution in [0.15, 0.2) is 24.3 Å². The lowest BCUT2D eigenvalue weighted by Gasteiger charge is -2.22. The van der Waals surface area contributed by atoms with Gasteiger partial charge in [-0.25, -0.2) is 0 Å². The number of hydrogen-bond donors (Lipinski definition) is 1. The van der Waals surface area contributed by atoms with Crippen molar-refractivity contribution in [3.8, 4) is 0 Å². The fraction of sp³-hybridized carbons (Fsp3) is 0.438. The summed E-state index contributed by atoms with van der Waals surface area (Å²) >= 11 is 5.93. The monoisotopic (exact) mass is 306 g/mol. The molecule has 1 heterocycles. The van der Waals surface area contributed by atoms with E-state index in [0.29, 0.717) is 0 Å². The third-order valence-corrected chi connectivity index (χ3v) is 3.79. The van der Waals surface area contributed by atoms with Gasteiger partial charge in [0.15, 0.2) is 0 Å². The topological polar surface area (TPSA) is 47.1 Å². The van der Waals surface area contributed by atoms with Gasteiger partial charge in [-0.1, -0.05) is 23.7 Å². The predicted octanol–water partition coefficient (Wildman–Crippen LogP) is 2.91. The number of aryl methyl sites for hydroxylation is 2. The molecule has 0 fully saturated rings. The largest absolute Gasteiger partial charge is 0.355 e. The summed E-state index contributed by atoms with van der Waals surface area (Å²) < 4.78 is 1.93. The Labute approximate surface area is 131 Å². The summed E-state index contributed by atoms with van der Waals surface area (Å²) in [6.45, 7) is 4.87. The van der Waals surface area contributed by atoms with E-state index in [1.54, 1.807) is 0 Å². The van der Waals surface area contributed by atoms with E-state index < -0.39 is 0 Å². The highest BCUT2D eigenvalue weighted by Crippen LogP contribution is 2.25. The van der Waals surface area contributed by atoms with Crippen molar-refractivity contribution in [1.82, 2.24) is 9.78 Å². The predicted molar refractivity (Wildman–Crippen MR) is 88.9 cm³/mol. The Kier molecular flexibility index (Phi) is 4.91. The maximum absolute atomic E-state index is 5.97. The van der Waals surface area contributed by atoms with Crippen LogP contribution < -0.4 is 10.6 Å². The lowest BCUT2D eigenvalue weighted by molar-refractivity contribution is 0.715. The van der Waals surface area contributed by atoms with Gasteiger partial charge in [0.1, 0.15) is 5.82 Å². The molecule has 0 spiro atoms. The van der Waals surface area contributed by atoms with E-state index in [-0.39, 0.29) is 6.04 Å². The van der Waals surface area contributed by atoms with Crippen molar-refractivity contribution < 1.29 is 0 Å². The number of rotatable bonds is 5. The van der Waals surface area contributed by atoms with Crippen LogP contribution in [0.25, 0.3) is 0 Å². The Balaban J connectivity index is 2.25. The minimum Gasteiger partial charge on any atom is -0.355 e. The van der Waals surface area contributed by atoms with Crippen LogP contribution in [0, 0.1) is 6.92 Å². The average molecular weight is 307 g/mol. The summed E-state index contributed by atoms with van der Waals surface area (Å²) in [6, 6.07) is 8.06. The summed E-state index contributed by atoms with van der Waals surface area (Å²) in [5.41, 5.74) is 9.46. The molecule has 0 aliphatic heterocycles. The molecule has 2 rings (SSSR count). The number of halogens is 1. The van der Waals surface area contributed by atoms with Crippen molar-refractivity contribution in [2.75, 3.05) is 11.9 Å². The Bertz CT molecular complexity index is 601. The molecular formula is C16H23ClN4. The first kappa shape index (κ1) is 15.9. The van der Waals surface area contributed by atoms with Gasteiger partial charge < -0.3 is 10.6 Å². The Morgan fingerprint density at radius 3 is 2.52 bits per heavy atom. The zero-order chi connectivity index (χ0) is 15.6. The molecule has 1 aromatic carbocycles. The minimum atomic E-state index is 0.121. The van der Waals surface area contributed by atoms with Gasteiger partial charge in [0.2, 0.25) is 0 Å². The van der Waals surface area contributed by atoms with E-state index in [0.717, 1.165) is 29.5 Å². The molecule has 114 valence electrons. The summed E-state index contributed by atoms with van der Waals surface area (Å²) in [7, 11) is 4.06.